The minimum atomic E-state index is -0.418. The highest BCUT2D eigenvalue weighted by molar-refractivity contribution is 7.10. The Morgan fingerprint density at radius 1 is 1.30 bits per heavy atom. The Morgan fingerprint density at radius 2 is 2.07 bits per heavy atom. The van der Waals surface area contributed by atoms with Gasteiger partial charge < -0.3 is 15.4 Å². The molecule has 3 rings (SSSR count). The van der Waals surface area contributed by atoms with Gasteiger partial charge in [0.1, 0.15) is 5.75 Å². The highest BCUT2D eigenvalue weighted by atomic mass is 32.1. The van der Waals surface area contributed by atoms with E-state index in [1.807, 2.05) is 24.3 Å². The van der Waals surface area contributed by atoms with Gasteiger partial charge in [0, 0.05) is 29.6 Å². The van der Waals surface area contributed by atoms with Gasteiger partial charge >= 0.3 is 0 Å². The first-order valence-corrected chi connectivity index (χ1v) is 9.96. The molecule has 2 N–H and O–H groups in total. The molecule has 6 nitrogen and oxygen atoms in total. The van der Waals surface area contributed by atoms with Gasteiger partial charge in [0.2, 0.25) is 11.8 Å². The number of anilines is 1. The Balaban J connectivity index is 1.74. The van der Waals surface area contributed by atoms with Crippen LogP contribution in [0.4, 0.5) is 5.69 Å². The molecule has 0 radical (unpaired) electrons. The number of likely N-dealkylation sites (tertiary alicyclic amines) is 1. The third kappa shape index (κ3) is 4.87. The van der Waals surface area contributed by atoms with Gasteiger partial charge in [-0.2, -0.15) is 0 Å². The van der Waals surface area contributed by atoms with Gasteiger partial charge in [-0.05, 0) is 55.1 Å². The summed E-state index contributed by atoms with van der Waals surface area (Å²) >= 11 is 1.73. The highest BCUT2D eigenvalue weighted by Crippen LogP contribution is 2.34. The van der Waals surface area contributed by atoms with E-state index >= 15 is 0 Å². The SMILES string of the molecule is COc1ccc(N(CCC(N)=O)C(=O)CN2CCC[C@H]2c2cccs2)cc1. The van der Waals surface area contributed by atoms with Crippen molar-refractivity contribution >= 4 is 28.8 Å². The molecule has 0 unspecified atom stereocenters. The largest absolute Gasteiger partial charge is 0.497 e. The van der Waals surface area contributed by atoms with Gasteiger partial charge in [-0.25, -0.2) is 0 Å². The van der Waals surface area contributed by atoms with E-state index in [0.29, 0.717) is 12.6 Å². The Hall–Kier alpha value is -2.38. The normalized spacial score (nSPS) is 17.0. The Kier molecular flexibility index (Phi) is 6.47. The molecule has 7 heteroatoms. The first kappa shape index (κ1) is 19.4. The molecule has 1 aromatic carbocycles. The van der Waals surface area contributed by atoms with Gasteiger partial charge in [0.05, 0.1) is 13.7 Å². The van der Waals surface area contributed by atoms with Crippen LogP contribution in [0.3, 0.4) is 0 Å². The number of nitrogens with zero attached hydrogens (tertiary/aromatic N) is 2. The molecule has 2 heterocycles. The number of carbonyl (C=O) groups is 2. The lowest BCUT2D eigenvalue weighted by molar-refractivity contribution is -0.120. The lowest BCUT2D eigenvalue weighted by Gasteiger charge is -2.28. The molecule has 0 spiro atoms. The molecule has 1 aliphatic rings. The number of hydrogen-bond donors (Lipinski definition) is 1. The van der Waals surface area contributed by atoms with Crippen molar-refractivity contribution in [2.24, 2.45) is 5.73 Å². The van der Waals surface area contributed by atoms with Crippen LogP contribution in [0.2, 0.25) is 0 Å². The second kappa shape index (κ2) is 9.01. The first-order valence-electron chi connectivity index (χ1n) is 9.08. The summed E-state index contributed by atoms with van der Waals surface area (Å²) in [5.41, 5.74) is 6.05. The summed E-state index contributed by atoms with van der Waals surface area (Å²) in [4.78, 5) is 29.5. The second-order valence-electron chi connectivity index (χ2n) is 6.60. The Bertz CT molecular complexity index is 761. The average Bonchev–Trinajstić information content (AvgIpc) is 3.33. The maximum atomic E-state index is 13.1. The minimum absolute atomic E-state index is 0.0233. The number of rotatable bonds is 8. The van der Waals surface area contributed by atoms with Gasteiger partial charge in [-0.1, -0.05) is 6.07 Å². The van der Waals surface area contributed by atoms with Crippen LogP contribution in [0.15, 0.2) is 41.8 Å². The summed E-state index contributed by atoms with van der Waals surface area (Å²) in [5.74, 6) is 0.280. The highest BCUT2D eigenvalue weighted by Gasteiger charge is 2.30. The van der Waals surface area contributed by atoms with E-state index in [4.69, 9.17) is 10.5 Å². The monoisotopic (exact) mass is 387 g/mol. The number of hydrogen-bond acceptors (Lipinski definition) is 5. The van der Waals surface area contributed by atoms with E-state index in [2.05, 4.69) is 22.4 Å². The Labute approximate surface area is 163 Å². The van der Waals surface area contributed by atoms with Crippen molar-refractivity contribution in [1.29, 1.82) is 0 Å². The zero-order valence-electron chi connectivity index (χ0n) is 15.5. The number of thiophene rings is 1. The summed E-state index contributed by atoms with van der Waals surface area (Å²) < 4.78 is 5.19. The molecule has 27 heavy (non-hydrogen) atoms. The van der Waals surface area contributed by atoms with E-state index in [-0.39, 0.29) is 18.9 Å². The lowest BCUT2D eigenvalue weighted by atomic mass is 10.2. The molecule has 0 saturated carbocycles. The molecular formula is C20H25N3O3S. The third-order valence-corrected chi connectivity index (χ3v) is 5.81. The van der Waals surface area contributed by atoms with E-state index < -0.39 is 5.91 Å². The van der Waals surface area contributed by atoms with Crippen LogP contribution in [-0.4, -0.2) is 43.5 Å². The van der Waals surface area contributed by atoms with Crippen LogP contribution in [0.1, 0.15) is 30.2 Å². The maximum Gasteiger partial charge on any atom is 0.241 e. The number of primary amides is 1. The number of nitrogens with two attached hydrogens (primary N) is 1. The summed E-state index contributed by atoms with van der Waals surface area (Å²) in [6, 6.07) is 11.8. The number of methoxy groups -OCH3 is 1. The van der Waals surface area contributed by atoms with Gasteiger partial charge in [0.15, 0.2) is 0 Å². The van der Waals surface area contributed by atoms with Crippen molar-refractivity contribution < 1.29 is 14.3 Å². The minimum Gasteiger partial charge on any atom is -0.497 e. The second-order valence-corrected chi connectivity index (χ2v) is 7.58. The maximum absolute atomic E-state index is 13.1. The summed E-state index contributed by atoms with van der Waals surface area (Å²) in [5, 5.41) is 2.07. The number of ether oxygens (including phenoxy) is 1. The smallest absolute Gasteiger partial charge is 0.241 e. The molecule has 2 aromatic rings. The van der Waals surface area contributed by atoms with Gasteiger partial charge in [0.25, 0.3) is 0 Å². The molecule has 2 amide bonds. The van der Waals surface area contributed by atoms with Crippen molar-refractivity contribution in [3.8, 4) is 5.75 Å². The third-order valence-electron chi connectivity index (χ3n) is 4.84. The van der Waals surface area contributed by atoms with Crippen molar-refractivity contribution in [2.45, 2.75) is 25.3 Å². The molecule has 1 fully saturated rings. The van der Waals surface area contributed by atoms with E-state index in [1.165, 1.54) is 4.88 Å². The molecule has 0 aliphatic carbocycles. The predicted octanol–water partition coefficient (Wildman–Crippen LogP) is 2.80. The van der Waals surface area contributed by atoms with Crippen LogP contribution < -0.4 is 15.4 Å². The molecule has 1 saturated heterocycles. The summed E-state index contributed by atoms with van der Waals surface area (Å²) in [7, 11) is 1.60. The quantitative estimate of drug-likeness (QED) is 0.756. The molecule has 1 aromatic heterocycles. The van der Waals surface area contributed by atoms with Crippen LogP contribution in [0.25, 0.3) is 0 Å². The topological polar surface area (TPSA) is 75.9 Å². The zero-order chi connectivity index (χ0) is 19.2. The van der Waals surface area contributed by atoms with Gasteiger partial charge in [-0.3, -0.25) is 14.5 Å². The summed E-state index contributed by atoms with van der Waals surface area (Å²) in [6.07, 6.45) is 2.28. The van der Waals surface area contributed by atoms with Crippen LogP contribution in [-0.2, 0) is 9.59 Å². The molecule has 1 aliphatic heterocycles. The van der Waals surface area contributed by atoms with Crippen LogP contribution in [0, 0.1) is 0 Å². The fourth-order valence-electron chi connectivity index (χ4n) is 3.46. The standard InChI is InChI=1S/C20H25N3O3S/c1-26-16-8-6-15(7-9-16)23(12-10-19(21)24)20(25)14-22-11-2-4-17(22)18-5-3-13-27-18/h3,5-9,13,17H,2,4,10-12,14H2,1H3,(H2,21,24)/t17-/m0/s1. The van der Waals surface area contributed by atoms with Gasteiger partial charge in [-0.15, -0.1) is 11.3 Å². The lowest BCUT2D eigenvalue weighted by Crippen LogP contribution is -2.41. The van der Waals surface area contributed by atoms with Crippen molar-refractivity contribution in [3.05, 3.63) is 46.7 Å². The molecule has 1 atom stereocenters. The Morgan fingerprint density at radius 3 is 2.70 bits per heavy atom. The summed E-state index contributed by atoms with van der Waals surface area (Å²) in [6.45, 7) is 1.51. The van der Waals surface area contributed by atoms with Crippen molar-refractivity contribution in [1.82, 2.24) is 4.90 Å². The van der Waals surface area contributed by atoms with Crippen LogP contribution >= 0.6 is 11.3 Å². The molecule has 144 valence electrons. The molecular weight excluding hydrogens is 362 g/mol. The van der Waals surface area contributed by atoms with Crippen molar-refractivity contribution in [3.63, 3.8) is 0 Å². The van der Waals surface area contributed by atoms with E-state index in [0.717, 1.165) is 30.8 Å². The van der Waals surface area contributed by atoms with Crippen molar-refractivity contribution in [2.75, 3.05) is 31.6 Å². The predicted molar refractivity (Wildman–Crippen MR) is 107 cm³/mol. The van der Waals surface area contributed by atoms with E-state index in [1.54, 1.807) is 23.3 Å². The molecule has 0 bridgehead atoms. The fraction of sp³-hybridized carbons (Fsp3) is 0.400. The zero-order valence-corrected chi connectivity index (χ0v) is 16.3. The fourth-order valence-corrected chi connectivity index (χ4v) is 4.35. The van der Waals surface area contributed by atoms with E-state index in [9.17, 15) is 9.59 Å². The average molecular weight is 388 g/mol. The first-order chi connectivity index (χ1) is 13.1. The number of benzene rings is 1. The number of carbonyl (C=O) groups excluding carboxylic acids is 2. The van der Waals surface area contributed by atoms with Crippen LogP contribution in [0.5, 0.6) is 5.75 Å². The number of amides is 2.